The summed E-state index contributed by atoms with van der Waals surface area (Å²) in [6.07, 6.45) is 12.3. The van der Waals surface area contributed by atoms with Crippen LogP contribution in [0.25, 0.3) is 0 Å². The average Bonchev–Trinajstić information content (AvgIpc) is 2.67. The lowest BCUT2D eigenvalue weighted by atomic mass is 9.71. The number of hydrogen-bond acceptors (Lipinski definition) is 2. The van der Waals surface area contributed by atoms with Crippen molar-refractivity contribution in [1.82, 2.24) is 10.3 Å². The molecule has 1 saturated carbocycles. The zero-order valence-corrected chi connectivity index (χ0v) is 9.47. The summed E-state index contributed by atoms with van der Waals surface area (Å²) in [7, 11) is 0. The van der Waals surface area contributed by atoms with Gasteiger partial charge in [0.25, 0.3) is 0 Å². The molecule has 2 heteroatoms. The second kappa shape index (κ2) is 4.38. The van der Waals surface area contributed by atoms with Crippen molar-refractivity contribution >= 4 is 0 Å². The molecule has 0 radical (unpaired) electrons. The second-order valence-corrected chi connectivity index (χ2v) is 4.90. The topological polar surface area (TPSA) is 24.9 Å². The molecule has 1 fully saturated rings. The van der Waals surface area contributed by atoms with Crippen molar-refractivity contribution < 1.29 is 0 Å². The van der Waals surface area contributed by atoms with E-state index in [1.807, 2.05) is 12.4 Å². The fourth-order valence-electron chi connectivity index (χ4n) is 2.90. The smallest absolute Gasteiger partial charge is 0.0270 e. The van der Waals surface area contributed by atoms with Crippen LogP contribution in [0.1, 0.15) is 18.4 Å². The fourth-order valence-corrected chi connectivity index (χ4v) is 2.90. The third-order valence-corrected chi connectivity index (χ3v) is 3.93. The van der Waals surface area contributed by atoms with E-state index < -0.39 is 0 Å². The quantitative estimate of drug-likeness (QED) is 0.777. The molecule has 0 spiro atoms. The molecule has 0 amide bonds. The first-order valence-corrected chi connectivity index (χ1v) is 6.22. The molecule has 2 aliphatic carbocycles. The summed E-state index contributed by atoms with van der Waals surface area (Å²) in [4.78, 5) is 4.03. The van der Waals surface area contributed by atoms with Crippen molar-refractivity contribution in [2.45, 2.75) is 25.3 Å². The van der Waals surface area contributed by atoms with Crippen LogP contribution in [-0.2, 0) is 6.42 Å². The van der Waals surface area contributed by atoms with Crippen LogP contribution >= 0.6 is 0 Å². The summed E-state index contributed by atoms with van der Waals surface area (Å²) in [5.74, 6) is 1.79. The van der Waals surface area contributed by atoms with Gasteiger partial charge in [0.15, 0.2) is 0 Å². The van der Waals surface area contributed by atoms with E-state index in [-0.39, 0.29) is 0 Å². The molecule has 1 heterocycles. The molecule has 0 aliphatic heterocycles. The Morgan fingerprint density at radius 2 is 2.19 bits per heavy atom. The first-order chi connectivity index (χ1) is 7.93. The molecular weight excluding hydrogens is 196 g/mol. The number of allylic oxidation sites excluding steroid dienone is 1. The number of nitrogens with one attached hydrogen (secondary N) is 1. The van der Waals surface area contributed by atoms with Gasteiger partial charge in [-0.2, -0.15) is 0 Å². The normalized spacial score (nSPS) is 31.1. The van der Waals surface area contributed by atoms with Gasteiger partial charge in [0.2, 0.25) is 0 Å². The lowest BCUT2D eigenvalue weighted by Gasteiger charge is -2.40. The molecule has 3 rings (SSSR count). The molecule has 0 aromatic carbocycles. The molecule has 1 N–H and O–H groups in total. The number of rotatable bonds is 4. The van der Waals surface area contributed by atoms with E-state index in [2.05, 4.69) is 34.6 Å². The predicted molar refractivity (Wildman–Crippen MR) is 65.1 cm³/mol. The van der Waals surface area contributed by atoms with Crippen molar-refractivity contribution in [3.63, 3.8) is 0 Å². The molecule has 3 unspecified atom stereocenters. The van der Waals surface area contributed by atoms with Crippen LogP contribution in [0.3, 0.4) is 0 Å². The van der Waals surface area contributed by atoms with Gasteiger partial charge in [-0.3, -0.25) is 4.98 Å². The van der Waals surface area contributed by atoms with Gasteiger partial charge in [-0.15, -0.1) is 0 Å². The Labute approximate surface area is 96.8 Å². The van der Waals surface area contributed by atoms with E-state index in [0.717, 1.165) is 30.8 Å². The Hall–Kier alpha value is -1.15. The van der Waals surface area contributed by atoms with E-state index in [0.29, 0.717) is 0 Å². The lowest BCUT2D eigenvalue weighted by molar-refractivity contribution is 0.164. The van der Waals surface area contributed by atoms with Crippen LogP contribution < -0.4 is 5.32 Å². The summed E-state index contributed by atoms with van der Waals surface area (Å²) in [5, 5.41) is 3.67. The van der Waals surface area contributed by atoms with Gasteiger partial charge in [0.05, 0.1) is 0 Å². The monoisotopic (exact) mass is 214 g/mol. The summed E-state index contributed by atoms with van der Waals surface area (Å²) >= 11 is 0. The lowest BCUT2D eigenvalue weighted by Crippen LogP contribution is -2.48. The summed E-state index contributed by atoms with van der Waals surface area (Å²) < 4.78 is 0. The maximum atomic E-state index is 4.03. The van der Waals surface area contributed by atoms with Gasteiger partial charge in [-0.25, -0.2) is 0 Å². The highest BCUT2D eigenvalue weighted by Gasteiger charge is 2.40. The number of fused-ring (bicyclic) bond motifs is 1. The highest BCUT2D eigenvalue weighted by atomic mass is 14.9. The van der Waals surface area contributed by atoms with E-state index in [1.165, 1.54) is 18.4 Å². The van der Waals surface area contributed by atoms with Gasteiger partial charge in [0.1, 0.15) is 0 Å². The molecule has 0 bridgehead atoms. The van der Waals surface area contributed by atoms with E-state index in [4.69, 9.17) is 0 Å². The molecule has 1 aromatic heterocycles. The fraction of sp³-hybridized carbons (Fsp3) is 0.500. The SMILES string of the molecule is C1=CC2C(C1)CC2NCCc1ccncc1. The highest BCUT2D eigenvalue weighted by Crippen LogP contribution is 2.42. The standard InChI is InChI=1S/C14H18N2/c1-2-12-10-14(13(12)3-1)16-9-6-11-4-7-15-8-5-11/h1,3-5,7-8,12-14,16H,2,6,9-10H2. The zero-order chi connectivity index (χ0) is 10.8. The van der Waals surface area contributed by atoms with Crippen molar-refractivity contribution in [2.75, 3.05) is 6.54 Å². The molecule has 84 valence electrons. The Morgan fingerprint density at radius 1 is 1.31 bits per heavy atom. The minimum absolute atomic E-state index is 0.741. The Bertz CT molecular complexity index is 372. The number of nitrogens with zero attached hydrogens (tertiary/aromatic N) is 1. The summed E-state index contributed by atoms with van der Waals surface area (Å²) in [6, 6.07) is 4.94. The molecular formula is C14H18N2. The van der Waals surface area contributed by atoms with Crippen LogP contribution in [0.4, 0.5) is 0 Å². The Kier molecular flexibility index (Phi) is 2.75. The number of aromatic nitrogens is 1. The summed E-state index contributed by atoms with van der Waals surface area (Å²) in [6.45, 7) is 1.09. The molecule has 3 atom stereocenters. The predicted octanol–water partition coefficient (Wildman–Crippen LogP) is 2.18. The van der Waals surface area contributed by atoms with Crippen LogP contribution in [0.2, 0.25) is 0 Å². The largest absolute Gasteiger partial charge is 0.313 e. The molecule has 16 heavy (non-hydrogen) atoms. The minimum Gasteiger partial charge on any atom is -0.313 e. The van der Waals surface area contributed by atoms with Crippen molar-refractivity contribution in [1.29, 1.82) is 0 Å². The third-order valence-electron chi connectivity index (χ3n) is 3.93. The van der Waals surface area contributed by atoms with Crippen LogP contribution in [0, 0.1) is 11.8 Å². The van der Waals surface area contributed by atoms with Gasteiger partial charge in [-0.1, -0.05) is 12.2 Å². The van der Waals surface area contributed by atoms with Crippen molar-refractivity contribution in [3.8, 4) is 0 Å². The molecule has 1 aromatic rings. The van der Waals surface area contributed by atoms with Crippen LogP contribution in [0.5, 0.6) is 0 Å². The van der Waals surface area contributed by atoms with Gasteiger partial charge in [-0.05, 0) is 55.3 Å². The molecule has 0 saturated heterocycles. The van der Waals surface area contributed by atoms with Gasteiger partial charge < -0.3 is 5.32 Å². The maximum absolute atomic E-state index is 4.03. The maximum Gasteiger partial charge on any atom is 0.0270 e. The molecule has 2 nitrogen and oxygen atoms in total. The van der Waals surface area contributed by atoms with Gasteiger partial charge >= 0.3 is 0 Å². The zero-order valence-electron chi connectivity index (χ0n) is 9.47. The van der Waals surface area contributed by atoms with E-state index in [9.17, 15) is 0 Å². The van der Waals surface area contributed by atoms with Crippen LogP contribution in [0.15, 0.2) is 36.7 Å². The van der Waals surface area contributed by atoms with E-state index >= 15 is 0 Å². The molecule has 2 aliphatic rings. The van der Waals surface area contributed by atoms with Crippen molar-refractivity contribution in [2.24, 2.45) is 11.8 Å². The second-order valence-electron chi connectivity index (χ2n) is 4.90. The highest BCUT2D eigenvalue weighted by molar-refractivity contribution is 5.14. The number of hydrogen-bond donors (Lipinski definition) is 1. The van der Waals surface area contributed by atoms with Gasteiger partial charge in [0, 0.05) is 18.4 Å². The minimum atomic E-state index is 0.741. The first kappa shape index (κ1) is 10.0. The Morgan fingerprint density at radius 3 is 3.00 bits per heavy atom. The first-order valence-electron chi connectivity index (χ1n) is 6.22. The Balaban J connectivity index is 1.43. The number of pyridine rings is 1. The van der Waals surface area contributed by atoms with Crippen LogP contribution in [-0.4, -0.2) is 17.6 Å². The average molecular weight is 214 g/mol. The third kappa shape index (κ3) is 1.90. The summed E-state index contributed by atoms with van der Waals surface area (Å²) in [5.41, 5.74) is 1.38. The van der Waals surface area contributed by atoms with Crippen molar-refractivity contribution in [3.05, 3.63) is 42.2 Å². The van der Waals surface area contributed by atoms with E-state index in [1.54, 1.807) is 0 Å².